The third kappa shape index (κ3) is 5.61. The van der Waals surface area contributed by atoms with E-state index in [2.05, 4.69) is 20.0 Å². The van der Waals surface area contributed by atoms with Gasteiger partial charge in [0.25, 0.3) is 0 Å². The van der Waals surface area contributed by atoms with Gasteiger partial charge in [-0.05, 0) is 75.3 Å². The second-order valence-electron chi connectivity index (χ2n) is 15.7. The molecule has 0 bridgehead atoms. The number of halogens is 5. The van der Waals surface area contributed by atoms with Gasteiger partial charge in [-0.2, -0.15) is 15.1 Å². The number of pyridine rings is 1. The molecule has 3 aromatic heterocycles. The first-order valence-corrected chi connectivity index (χ1v) is 18.9. The summed E-state index contributed by atoms with van der Waals surface area (Å²) in [5, 5.41) is 16.0. The van der Waals surface area contributed by atoms with Gasteiger partial charge in [-0.3, -0.25) is 9.88 Å². The molecule has 5 fully saturated rings. The van der Waals surface area contributed by atoms with Crippen LogP contribution in [0.3, 0.4) is 0 Å². The Morgan fingerprint density at radius 1 is 1.08 bits per heavy atom. The van der Waals surface area contributed by atoms with Crippen molar-refractivity contribution in [3.05, 3.63) is 34.6 Å². The summed E-state index contributed by atoms with van der Waals surface area (Å²) in [5.74, 6) is -1.07. The van der Waals surface area contributed by atoms with E-state index in [9.17, 15) is 13.9 Å². The SMILES string of the molecule is C[C@@H]1C[C@@H]1c1c(Cl)c(F)c2c(cnn2C2CCCCO2)c1-c1ncc2c(N3CCC[C@](O)(CF)C3)nc(OC[C@@]34CCCN3C[C@H](F)C4)nc2c1F. The standard InChI is InChI=1S/C37H42ClF4N7O3/c1-20-12-22(20)26-27(23-15-44-49(25-6-2-3-11-51-25)33(23)29(41)28(26)38)32-30(42)31-24(14-43-32)34(47-9-5-8-37(50,17-39)18-47)46-35(45-31)52-19-36-7-4-10-48(36)16-21(40)13-36/h14-15,20-22,25,50H,2-13,16-19H2,1H3/t20-,21-,22+,25?,36+,37+/m1/s1. The van der Waals surface area contributed by atoms with E-state index < -0.39 is 41.8 Å². The molecule has 0 amide bonds. The topological polar surface area (TPSA) is 102 Å². The Morgan fingerprint density at radius 3 is 2.67 bits per heavy atom. The fourth-order valence-corrected chi connectivity index (χ4v) is 9.58. The molecule has 0 radical (unpaired) electrons. The van der Waals surface area contributed by atoms with Crippen molar-refractivity contribution < 1.29 is 32.1 Å². The Hall–Kier alpha value is -3.33. The van der Waals surface area contributed by atoms with Crippen LogP contribution in [-0.4, -0.2) is 98.1 Å². The molecule has 4 aromatic rings. The van der Waals surface area contributed by atoms with E-state index >= 15 is 8.78 Å². The Kier molecular flexibility index (Phi) is 8.55. The molecule has 10 nitrogen and oxygen atoms in total. The van der Waals surface area contributed by atoms with Crippen LogP contribution in [0.2, 0.25) is 5.02 Å². The number of hydrogen-bond acceptors (Lipinski definition) is 9. The van der Waals surface area contributed by atoms with Gasteiger partial charge in [-0.25, -0.2) is 22.2 Å². The second-order valence-corrected chi connectivity index (χ2v) is 16.0. The lowest BCUT2D eigenvalue weighted by Crippen LogP contribution is -2.50. The molecule has 1 aromatic carbocycles. The average Bonchev–Trinajstić information content (AvgIpc) is 3.42. The molecule has 1 N–H and O–H groups in total. The maximum Gasteiger partial charge on any atom is 0.319 e. The summed E-state index contributed by atoms with van der Waals surface area (Å²) >= 11 is 6.87. The number of benzene rings is 1. The number of aliphatic hydroxyl groups is 1. The van der Waals surface area contributed by atoms with Crippen LogP contribution in [0.25, 0.3) is 33.1 Å². The maximum atomic E-state index is 17.4. The normalized spacial score (nSPS) is 30.8. The molecule has 0 spiro atoms. The predicted octanol–water partition coefficient (Wildman–Crippen LogP) is 7.05. The number of ether oxygens (including phenoxy) is 2. The highest BCUT2D eigenvalue weighted by atomic mass is 35.5. The van der Waals surface area contributed by atoms with E-state index in [4.69, 9.17) is 26.1 Å². The van der Waals surface area contributed by atoms with E-state index in [-0.39, 0.29) is 70.4 Å². The summed E-state index contributed by atoms with van der Waals surface area (Å²) in [7, 11) is 0. The molecule has 278 valence electrons. The molecule has 4 aliphatic heterocycles. The molecule has 52 heavy (non-hydrogen) atoms. The summed E-state index contributed by atoms with van der Waals surface area (Å²) in [4.78, 5) is 17.8. The maximum absolute atomic E-state index is 17.4. The minimum Gasteiger partial charge on any atom is -0.461 e. The monoisotopic (exact) mass is 743 g/mol. The van der Waals surface area contributed by atoms with Crippen LogP contribution in [0.15, 0.2) is 12.4 Å². The fourth-order valence-electron chi connectivity index (χ4n) is 9.26. The van der Waals surface area contributed by atoms with E-state index in [1.165, 1.54) is 17.1 Å². The highest BCUT2D eigenvalue weighted by Crippen LogP contribution is 2.55. The fraction of sp³-hybridized carbons (Fsp3) is 0.622. The number of anilines is 1. The molecule has 1 saturated carbocycles. The van der Waals surface area contributed by atoms with E-state index in [0.717, 1.165) is 38.6 Å². The van der Waals surface area contributed by atoms with Gasteiger partial charge in [-0.1, -0.05) is 18.5 Å². The third-order valence-corrected chi connectivity index (χ3v) is 12.5. The zero-order valence-electron chi connectivity index (χ0n) is 29.1. The number of nitrogens with zero attached hydrogens (tertiary/aromatic N) is 7. The first-order chi connectivity index (χ1) is 25.1. The summed E-state index contributed by atoms with van der Waals surface area (Å²) in [5.41, 5.74) is -1.31. The average molecular weight is 744 g/mol. The number of β-amino-alcohol motifs (C(OH)–C–C–N with tert-alkyl or cyclic N) is 1. The van der Waals surface area contributed by atoms with Gasteiger partial charge in [-0.15, -0.1) is 0 Å². The lowest BCUT2D eigenvalue weighted by Gasteiger charge is -2.38. The van der Waals surface area contributed by atoms with Gasteiger partial charge < -0.3 is 19.5 Å². The van der Waals surface area contributed by atoms with Crippen molar-refractivity contribution in [1.82, 2.24) is 29.6 Å². The van der Waals surface area contributed by atoms with Gasteiger partial charge in [0.2, 0.25) is 0 Å². The van der Waals surface area contributed by atoms with Crippen molar-refractivity contribution in [2.24, 2.45) is 5.92 Å². The van der Waals surface area contributed by atoms with Gasteiger partial charge >= 0.3 is 6.01 Å². The molecular formula is C37H42ClF4N7O3. The molecular weight excluding hydrogens is 702 g/mol. The first kappa shape index (κ1) is 34.4. The van der Waals surface area contributed by atoms with Gasteiger partial charge in [0.1, 0.15) is 47.6 Å². The van der Waals surface area contributed by atoms with Crippen LogP contribution in [0, 0.1) is 17.6 Å². The van der Waals surface area contributed by atoms with E-state index in [1.54, 1.807) is 4.90 Å². The number of alkyl halides is 2. The van der Waals surface area contributed by atoms with Crippen LogP contribution in [0.1, 0.15) is 82.4 Å². The Labute approximate surface area is 303 Å². The molecule has 1 unspecified atom stereocenters. The van der Waals surface area contributed by atoms with Crippen LogP contribution in [0.4, 0.5) is 23.4 Å². The largest absolute Gasteiger partial charge is 0.461 e. The molecule has 7 heterocycles. The van der Waals surface area contributed by atoms with Gasteiger partial charge in [0.15, 0.2) is 17.9 Å². The van der Waals surface area contributed by atoms with Crippen molar-refractivity contribution in [2.75, 3.05) is 51.0 Å². The predicted molar refractivity (Wildman–Crippen MR) is 187 cm³/mol. The summed E-state index contributed by atoms with van der Waals surface area (Å²) < 4.78 is 76.1. The van der Waals surface area contributed by atoms with Gasteiger partial charge in [0, 0.05) is 43.3 Å². The van der Waals surface area contributed by atoms with Crippen LogP contribution >= 0.6 is 11.6 Å². The summed E-state index contributed by atoms with van der Waals surface area (Å²) in [6.07, 6.45) is 7.49. The van der Waals surface area contributed by atoms with E-state index in [1.807, 2.05) is 6.92 Å². The van der Waals surface area contributed by atoms with Crippen LogP contribution in [0.5, 0.6) is 6.01 Å². The summed E-state index contributed by atoms with van der Waals surface area (Å²) in [6, 6.07) is -0.114. The Morgan fingerprint density at radius 2 is 1.90 bits per heavy atom. The molecule has 4 saturated heterocycles. The van der Waals surface area contributed by atoms with Crippen molar-refractivity contribution in [3.8, 4) is 17.3 Å². The minimum absolute atomic E-state index is 0.0660. The number of rotatable bonds is 8. The van der Waals surface area contributed by atoms with Crippen LogP contribution < -0.4 is 9.64 Å². The minimum atomic E-state index is -1.60. The number of hydrogen-bond donors (Lipinski definition) is 1. The molecule has 9 rings (SSSR count). The quantitative estimate of drug-likeness (QED) is 0.190. The van der Waals surface area contributed by atoms with Crippen molar-refractivity contribution in [3.63, 3.8) is 0 Å². The zero-order chi connectivity index (χ0) is 35.9. The highest BCUT2D eigenvalue weighted by molar-refractivity contribution is 6.33. The van der Waals surface area contributed by atoms with Crippen LogP contribution in [-0.2, 0) is 4.74 Å². The smallest absolute Gasteiger partial charge is 0.319 e. The molecule has 15 heteroatoms. The second kappa shape index (κ2) is 12.9. The zero-order valence-corrected chi connectivity index (χ0v) is 29.8. The van der Waals surface area contributed by atoms with Crippen molar-refractivity contribution >= 4 is 39.2 Å². The third-order valence-electron chi connectivity index (χ3n) is 12.1. The number of fused-ring (bicyclic) bond motifs is 3. The van der Waals surface area contributed by atoms with Crippen molar-refractivity contribution in [1.29, 1.82) is 0 Å². The van der Waals surface area contributed by atoms with Gasteiger partial charge in [0.05, 0.1) is 28.7 Å². The Balaban J connectivity index is 1.21. The molecule has 6 atom stereocenters. The number of piperidine rings is 1. The molecule has 5 aliphatic rings. The lowest BCUT2D eigenvalue weighted by molar-refractivity contribution is -0.0369. The van der Waals surface area contributed by atoms with E-state index in [0.29, 0.717) is 55.5 Å². The highest BCUT2D eigenvalue weighted by Gasteiger charge is 2.49. The van der Waals surface area contributed by atoms with Crippen molar-refractivity contribution in [2.45, 2.75) is 94.2 Å². The first-order valence-electron chi connectivity index (χ1n) is 18.5. The lowest BCUT2D eigenvalue weighted by atomic mass is 9.93. The Bertz CT molecular complexity index is 2050. The molecule has 1 aliphatic carbocycles. The summed E-state index contributed by atoms with van der Waals surface area (Å²) in [6.45, 7) is 3.20. The number of aromatic nitrogens is 5.